The van der Waals surface area contributed by atoms with E-state index in [1.54, 1.807) is 0 Å². The van der Waals surface area contributed by atoms with Crippen LogP contribution in [-0.4, -0.2) is 48.4 Å². The summed E-state index contributed by atoms with van der Waals surface area (Å²) in [6.45, 7) is 4.76. The van der Waals surface area contributed by atoms with Gasteiger partial charge in [0.25, 0.3) is 0 Å². The number of nitrogens with zero attached hydrogens (tertiary/aromatic N) is 3. The summed E-state index contributed by atoms with van der Waals surface area (Å²) in [6, 6.07) is 2.18. The van der Waals surface area contributed by atoms with E-state index in [1.807, 2.05) is 4.90 Å². The minimum atomic E-state index is -0.0731. The highest BCUT2D eigenvalue weighted by atomic mass is 16.2. The van der Waals surface area contributed by atoms with Crippen LogP contribution < -0.4 is 0 Å². The molecule has 15 heavy (non-hydrogen) atoms. The second-order valence-electron chi connectivity index (χ2n) is 4.42. The van der Waals surface area contributed by atoms with Crippen LogP contribution in [0.2, 0.25) is 0 Å². The van der Waals surface area contributed by atoms with Crippen LogP contribution in [0.3, 0.4) is 0 Å². The molecule has 2 heterocycles. The molecule has 2 aliphatic rings. The van der Waals surface area contributed by atoms with E-state index in [2.05, 4.69) is 11.0 Å². The van der Waals surface area contributed by atoms with E-state index in [0.717, 1.165) is 13.1 Å². The maximum atomic E-state index is 11.5. The standard InChI is InChI=1S/C11H17N3O/c12-8-10-7-11(15)14(9-10)6-5-13-3-1-2-4-13/h10H,1-7,9H2. The predicted molar refractivity (Wildman–Crippen MR) is 56.0 cm³/mol. The summed E-state index contributed by atoms with van der Waals surface area (Å²) in [5.74, 6) is 0.0804. The molecule has 2 fully saturated rings. The summed E-state index contributed by atoms with van der Waals surface area (Å²) >= 11 is 0. The number of amides is 1. The van der Waals surface area contributed by atoms with Crippen molar-refractivity contribution in [2.75, 3.05) is 32.7 Å². The van der Waals surface area contributed by atoms with E-state index >= 15 is 0 Å². The molecule has 0 bridgehead atoms. The highest BCUT2D eigenvalue weighted by molar-refractivity contribution is 5.79. The second kappa shape index (κ2) is 4.63. The summed E-state index contributed by atoms with van der Waals surface area (Å²) in [5, 5.41) is 8.74. The number of carbonyl (C=O) groups excluding carboxylic acids is 1. The number of hydrogen-bond donors (Lipinski definition) is 0. The van der Waals surface area contributed by atoms with Crippen LogP contribution in [0.1, 0.15) is 19.3 Å². The van der Waals surface area contributed by atoms with Crippen LogP contribution in [0.5, 0.6) is 0 Å². The Balaban J connectivity index is 1.75. The smallest absolute Gasteiger partial charge is 0.224 e. The molecule has 4 heteroatoms. The fourth-order valence-corrected chi connectivity index (χ4v) is 2.34. The topological polar surface area (TPSA) is 47.3 Å². The zero-order valence-electron chi connectivity index (χ0n) is 8.98. The molecule has 0 aromatic carbocycles. The largest absolute Gasteiger partial charge is 0.340 e. The molecule has 4 nitrogen and oxygen atoms in total. The van der Waals surface area contributed by atoms with Crippen LogP contribution in [0.15, 0.2) is 0 Å². The van der Waals surface area contributed by atoms with Crippen LogP contribution in [0.25, 0.3) is 0 Å². The summed E-state index contributed by atoms with van der Waals surface area (Å²) in [5.41, 5.74) is 0. The van der Waals surface area contributed by atoms with Crippen molar-refractivity contribution in [3.8, 4) is 6.07 Å². The normalized spacial score (nSPS) is 27.3. The lowest BCUT2D eigenvalue weighted by atomic mass is 10.1. The monoisotopic (exact) mass is 207 g/mol. The van der Waals surface area contributed by atoms with Gasteiger partial charge in [-0.15, -0.1) is 0 Å². The van der Waals surface area contributed by atoms with Crippen molar-refractivity contribution in [3.63, 3.8) is 0 Å². The molecule has 82 valence electrons. The second-order valence-corrected chi connectivity index (χ2v) is 4.42. The average molecular weight is 207 g/mol. The van der Waals surface area contributed by atoms with Crippen LogP contribution in [-0.2, 0) is 4.79 Å². The molecule has 0 aliphatic carbocycles. The SMILES string of the molecule is N#CC1CC(=O)N(CCN2CCCC2)C1. The molecule has 0 spiro atoms. The Morgan fingerprint density at radius 3 is 2.67 bits per heavy atom. The molecule has 1 unspecified atom stereocenters. The molecule has 0 aromatic heterocycles. The molecule has 2 aliphatic heterocycles. The Labute approximate surface area is 90.5 Å². The molecular weight excluding hydrogens is 190 g/mol. The predicted octanol–water partition coefficient (Wildman–Crippen LogP) is 0.454. The van der Waals surface area contributed by atoms with Gasteiger partial charge in [-0.1, -0.05) is 0 Å². The maximum absolute atomic E-state index is 11.5. The molecule has 0 saturated carbocycles. The van der Waals surface area contributed by atoms with Crippen molar-refractivity contribution in [2.24, 2.45) is 5.92 Å². The summed E-state index contributed by atoms with van der Waals surface area (Å²) in [7, 11) is 0. The summed E-state index contributed by atoms with van der Waals surface area (Å²) in [6.07, 6.45) is 3.00. The van der Waals surface area contributed by atoms with E-state index in [0.29, 0.717) is 13.0 Å². The fourth-order valence-electron chi connectivity index (χ4n) is 2.34. The molecule has 1 amide bonds. The first-order chi connectivity index (χ1) is 7.29. The van der Waals surface area contributed by atoms with E-state index in [9.17, 15) is 4.79 Å². The van der Waals surface area contributed by atoms with E-state index in [-0.39, 0.29) is 11.8 Å². The van der Waals surface area contributed by atoms with Gasteiger partial charge in [0.1, 0.15) is 0 Å². The van der Waals surface area contributed by atoms with Crippen molar-refractivity contribution in [1.29, 1.82) is 5.26 Å². The van der Waals surface area contributed by atoms with Crippen molar-refractivity contribution in [3.05, 3.63) is 0 Å². The first-order valence-electron chi connectivity index (χ1n) is 5.69. The molecule has 2 rings (SSSR count). The molecular formula is C11H17N3O. The van der Waals surface area contributed by atoms with Crippen molar-refractivity contribution in [1.82, 2.24) is 9.80 Å². The van der Waals surface area contributed by atoms with Crippen LogP contribution in [0, 0.1) is 17.2 Å². The van der Waals surface area contributed by atoms with Crippen LogP contribution in [0.4, 0.5) is 0 Å². The lowest BCUT2D eigenvalue weighted by Gasteiger charge is -2.20. The van der Waals surface area contributed by atoms with Gasteiger partial charge in [-0.2, -0.15) is 5.26 Å². The number of hydrogen-bond acceptors (Lipinski definition) is 3. The van der Waals surface area contributed by atoms with E-state index in [1.165, 1.54) is 25.9 Å². The third kappa shape index (κ3) is 2.48. The summed E-state index contributed by atoms with van der Waals surface area (Å²) in [4.78, 5) is 15.7. The molecule has 1 atom stereocenters. The van der Waals surface area contributed by atoms with Gasteiger partial charge in [0.05, 0.1) is 12.0 Å². The minimum absolute atomic E-state index is 0.0731. The van der Waals surface area contributed by atoms with Gasteiger partial charge in [0.15, 0.2) is 0 Å². The lowest BCUT2D eigenvalue weighted by Crippen LogP contribution is -2.34. The van der Waals surface area contributed by atoms with Gasteiger partial charge in [0, 0.05) is 26.1 Å². The summed E-state index contributed by atoms with van der Waals surface area (Å²) < 4.78 is 0. The third-order valence-corrected chi connectivity index (χ3v) is 3.28. The Bertz CT molecular complexity index is 278. The van der Waals surface area contributed by atoms with Gasteiger partial charge < -0.3 is 9.80 Å². The third-order valence-electron chi connectivity index (χ3n) is 3.28. The maximum Gasteiger partial charge on any atom is 0.224 e. The zero-order valence-corrected chi connectivity index (χ0v) is 8.98. The van der Waals surface area contributed by atoms with Gasteiger partial charge in [-0.25, -0.2) is 0 Å². The number of rotatable bonds is 3. The van der Waals surface area contributed by atoms with E-state index in [4.69, 9.17) is 5.26 Å². The molecule has 0 aromatic rings. The number of likely N-dealkylation sites (tertiary alicyclic amines) is 2. The number of nitriles is 1. The minimum Gasteiger partial charge on any atom is -0.340 e. The highest BCUT2D eigenvalue weighted by Crippen LogP contribution is 2.16. The van der Waals surface area contributed by atoms with Crippen molar-refractivity contribution < 1.29 is 4.79 Å². The Hall–Kier alpha value is -1.08. The molecule has 2 saturated heterocycles. The molecule has 0 radical (unpaired) electrons. The fraction of sp³-hybridized carbons (Fsp3) is 0.818. The molecule has 0 N–H and O–H groups in total. The van der Waals surface area contributed by atoms with Gasteiger partial charge >= 0.3 is 0 Å². The van der Waals surface area contributed by atoms with E-state index < -0.39 is 0 Å². The lowest BCUT2D eigenvalue weighted by molar-refractivity contribution is -0.127. The Kier molecular flexibility index (Phi) is 3.22. The van der Waals surface area contributed by atoms with Crippen molar-refractivity contribution >= 4 is 5.91 Å². The van der Waals surface area contributed by atoms with Gasteiger partial charge in [0.2, 0.25) is 5.91 Å². The van der Waals surface area contributed by atoms with Gasteiger partial charge in [-0.3, -0.25) is 4.79 Å². The first kappa shape index (κ1) is 10.4. The quantitative estimate of drug-likeness (QED) is 0.675. The highest BCUT2D eigenvalue weighted by Gasteiger charge is 2.29. The van der Waals surface area contributed by atoms with Gasteiger partial charge in [-0.05, 0) is 25.9 Å². The number of carbonyl (C=O) groups is 1. The van der Waals surface area contributed by atoms with Crippen molar-refractivity contribution in [2.45, 2.75) is 19.3 Å². The first-order valence-corrected chi connectivity index (χ1v) is 5.69. The average Bonchev–Trinajstić information content (AvgIpc) is 2.84. The Morgan fingerprint density at radius 1 is 1.33 bits per heavy atom. The Morgan fingerprint density at radius 2 is 2.07 bits per heavy atom. The van der Waals surface area contributed by atoms with Crippen LogP contribution >= 0.6 is 0 Å². The zero-order chi connectivity index (χ0) is 10.7.